The van der Waals surface area contributed by atoms with Crippen molar-refractivity contribution in [3.8, 4) is 5.75 Å². The lowest BCUT2D eigenvalue weighted by Gasteiger charge is -2.21. The Morgan fingerprint density at radius 3 is 2.21 bits per heavy atom. The van der Waals surface area contributed by atoms with Crippen LogP contribution in [0.2, 0.25) is 0 Å². The number of thioether (sulfide) groups is 1. The number of phenols is 1. The molecule has 0 aliphatic carbocycles. The normalized spacial score (nSPS) is 13.6. The van der Waals surface area contributed by atoms with Gasteiger partial charge in [-0.1, -0.05) is 26.0 Å². The van der Waals surface area contributed by atoms with Crippen molar-refractivity contribution in [2.75, 3.05) is 18.6 Å². The number of carbonyl (C=O) groups is 4. The minimum Gasteiger partial charge on any atom is -0.508 e. The molecule has 33 heavy (non-hydrogen) atoms. The molecule has 0 bridgehead atoms. The molecule has 0 radical (unpaired) electrons. The van der Waals surface area contributed by atoms with E-state index in [0.29, 0.717) is 24.2 Å². The van der Waals surface area contributed by atoms with E-state index in [1.165, 1.54) is 23.9 Å². The van der Waals surface area contributed by atoms with Crippen LogP contribution in [-0.2, 0) is 25.6 Å². The number of aromatic hydroxyl groups is 1. The molecule has 11 heteroatoms. The van der Waals surface area contributed by atoms with E-state index >= 15 is 0 Å². The Bertz CT molecular complexity index is 803. The average Bonchev–Trinajstić information content (AvgIpc) is 2.75. The molecule has 3 atom stereocenters. The summed E-state index contributed by atoms with van der Waals surface area (Å²) < 4.78 is 0. The molecule has 0 heterocycles. The van der Waals surface area contributed by atoms with Gasteiger partial charge in [-0.15, -0.1) is 0 Å². The van der Waals surface area contributed by atoms with Gasteiger partial charge in [0.25, 0.3) is 0 Å². The molecule has 0 fully saturated rings. The van der Waals surface area contributed by atoms with Gasteiger partial charge in [-0.25, -0.2) is 4.79 Å². The molecule has 184 valence electrons. The molecule has 0 aliphatic heterocycles. The minimum absolute atomic E-state index is 0.00937. The number of hydrogen-bond acceptors (Lipinski definition) is 7. The molecular formula is C22H34N4O6S. The first kappa shape index (κ1) is 28.2. The number of nitrogens with one attached hydrogen (secondary N) is 3. The number of carboxylic acid groups (broad SMARTS) is 1. The van der Waals surface area contributed by atoms with Crippen LogP contribution < -0.4 is 21.7 Å². The van der Waals surface area contributed by atoms with Crippen molar-refractivity contribution < 1.29 is 29.4 Å². The molecule has 3 amide bonds. The molecule has 7 N–H and O–H groups in total. The fourth-order valence-corrected chi connectivity index (χ4v) is 3.47. The lowest BCUT2D eigenvalue weighted by Crippen LogP contribution is -2.54. The average molecular weight is 483 g/mol. The summed E-state index contributed by atoms with van der Waals surface area (Å²) in [5.41, 5.74) is 6.50. The number of benzene rings is 1. The highest BCUT2D eigenvalue weighted by Crippen LogP contribution is 2.11. The Morgan fingerprint density at radius 2 is 1.67 bits per heavy atom. The molecule has 1 aromatic carbocycles. The van der Waals surface area contributed by atoms with Gasteiger partial charge in [0.1, 0.15) is 17.8 Å². The molecule has 1 aromatic rings. The summed E-state index contributed by atoms with van der Waals surface area (Å²) in [5, 5.41) is 26.2. The number of carbonyl (C=O) groups excluding carboxylic acids is 3. The molecule has 0 saturated carbocycles. The Hall–Kier alpha value is -2.79. The van der Waals surface area contributed by atoms with Gasteiger partial charge in [-0.2, -0.15) is 11.8 Å². The number of carboxylic acids is 1. The van der Waals surface area contributed by atoms with Crippen LogP contribution in [0.4, 0.5) is 0 Å². The largest absolute Gasteiger partial charge is 0.508 e. The van der Waals surface area contributed by atoms with E-state index < -0.39 is 48.4 Å². The second-order valence-corrected chi connectivity index (χ2v) is 9.11. The maximum atomic E-state index is 12.6. The monoisotopic (exact) mass is 482 g/mol. The highest BCUT2D eigenvalue weighted by Gasteiger charge is 2.25. The highest BCUT2D eigenvalue weighted by molar-refractivity contribution is 7.98. The van der Waals surface area contributed by atoms with Crippen molar-refractivity contribution in [1.29, 1.82) is 0 Å². The number of rotatable bonds is 14. The Labute approximate surface area is 198 Å². The first-order chi connectivity index (χ1) is 15.5. The van der Waals surface area contributed by atoms with Crippen LogP contribution in [0, 0.1) is 5.92 Å². The van der Waals surface area contributed by atoms with Gasteiger partial charge in [0.2, 0.25) is 17.7 Å². The summed E-state index contributed by atoms with van der Waals surface area (Å²) in [5.74, 6) is -2.02. The van der Waals surface area contributed by atoms with Crippen molar-refractivity contribution >= 4 is 35.5 Å². The van der Waals surface area contributed by atoms with Gasteiger partial charge in [0.05, 0.1) is 12.6 Å². The highest BCUT2D eigenvalue weighted by atomic mass is 32.2. The van der Waals surface area contributed by atoms with Crippen LogP contribution >= 0.6 is 11.8 Å². The van der Waals surface area contributed by atoms with Crippen LogP contribution in [-0.4, -0.2) is 70.6 Å². The van der Waals surface area contributed by atoms with Crippen molar-refractivity contribution in [2.45, 2.75) is 51.2 Å². The van der Waals surface area contributed by atoms with Gasteiger partial charge in [-0.05, 0) is 48.5 Å². The van der Waals surface area contributed by atoms with Crippen LogP contribution in [0.25, 0.3) is 0 Å². The summed E-state index contributed by atoms with van der Waals surface area (Å²) in [7, 11) is 0. The van der Waals surface area contributed by atoms with Gasteiger partial charge in [0, 0.05) is 6.42 Å². The van der Waals surface area contributed by atoms with E-state index in [1.54, 1.807) is 12.1 Å². The SMILES string of the molecule is CSCCC(NC(=O)C(N)CC(C)C)C(=O)NCC(=O)NC(Cc1ccc(O)cc1)C(=O)O. The third-order valence-electron chi connectivity index (χ3n) is 4.74. The zero-order valence-electron chi connectivity index (χ0n) is 19.2. The van der Waals surface area contributed by atoms with E-state index in [0.717, 1.165) is 0 Å². The number of nitrogens with two attached hydrogens (primary N) is 1. The van der Waals surface area contributed by atoms with Gasteiger partial charge in [-0.3, -0.25) is 14.4 Å². The number of amides is 3. The van der Waals surface area contributed by atoms with Crippen molar-refractivity contribution in [3.63, 3.8) is 0 Å². The van der Waals surface area contributed by atoms with Crippen LogP contribution in [0.3, 0.4) is 0 Å². The molecule has 0 saturated heterocycles. The smallest absolute Gasteiger partial charge is 0.326 e. The molecule has 0 spiro atoms. The zero-order chi connectivity index (χ0) is 25.0. The Balaban J connectivity index is 2.65. The Kier molecular flexibility index (Phi) is 12.3. The maximum absolute atomic E-state index is 12.6. The zero-order valence-corrected chi connectivity index (χ0v) is 20.0. The van der Waals surface area contributed by atoms with Gasteiger partial charge < -0.3 is 31.9 Å². The second kappa shape index (κ2) is 14.4. The molecular weight excluding hydrogens is 448 g/mol. The summed E-state index contributed by atoms with van der Waals surface area (Å²) >= 11 is 1.51. The molecule has 10 nitrogen and oxygen atoms in total. The van der Waals surface area contributed by atoms with Gasteiger partial charge >= 0.3 is 5.97 Å². The first-order valence-corrected chi connectivity index (χ1v) is 12.1. The fourth-order valence-electron chi connectivity index (χ4n) is 3.00. The number of phenolic OH excluding ortho intramolecular Hbond substituents is 1. The van der Waals surface area contributed by atoms with Crippen molar-refractivity contribution in [2.24, 2.45) is 11.7 Å². The predicted molar refractivity (Wildman–Crippen MR) is 127 cm³/mol. The third kappa shape index (κ3) is 11.1. The molecule has 0 aliphatic rings. The second-order valence-electron chi connectivity index (χ2n) is 8.13. The van der Waals surface area contributed by atoms with E-state index in [9.17, 15) is 29.4 Å². The third-order valence-corrected chi connectivity index (χ3v) is 5.38. The lowest BCUT2D eigenvalue weighted by atomic mass is 10.0. The topological polar surface area (TPSA) is 171 Å². The van der Waals surface area contributed by atoms with Crippen LogP contribution in [0.15, 0.2) is 24.3 Å². The fraction of sp³-hybridized carbons (Fsp3) is 0.545. The molecule has 0 aromatic heterocycles. The summed E-state index contributed by atoms with van der Waals surface area (Å²) in [6, 6.07) is 3.15. The number of hydrogen-bond donors (Lipinski definition) is 6. The van der Waals surface area contributed by atoms with E-state index in [4.69, 9.17) is 5.73 Å². The molecule has 3 unspecified atom stereocenters. The number of aliphatic carboxylic acids is 1. The minimum atomic E-state index is -1.23. The van der Waals surface area contributed by atoms with E-state index in [2.05, 4.69) is 16.0 Å². The standard InChI is InChI=1S/C22H34N4O6S/c1-13(2)10-16(23)20(29)26-17(8-9-33-3)21(30)24-12-19(28)25-18(22(31)32)11-14-4-6-15(27)7-5-14/h4-7,13,16-18,27H,8-12,23H2,1-3H3,(H,24,30)(H,25,28)(H,26,29)(H,31,32). The molecule has 1 rings (SSSR count). The van der Waals surface area contributed by atoms with Gasteiger partial charge in [0.15, 0.2) is 0 Å². The van der Waals surface area contributed by atoms with Crippen LogP contribution in [0.1, 0.15) is 32.3 Å². The predicted octanol–water partition coefficient (Wildman–Crippen LogP) is 0.232. The summed E-state index contributed by atoms with van der Waals surface area (Å²) in [6.07, 6.45) is 2.71. The van der Waals surface area contributed by atoms with E-state index in [1.807, 2.05) is 20.1 Å². The lowest BCUT2D eigenvalue weighted by molar-refractivity contribution is -0.141. The first-order valence-electron chi connectivity index (χ1n) is 10.7. The quantitative estimate of drug-likeness (QED) is 0.219. The van der Waals surface area contributed by atoms with Crippen LogP contribution in [0.5, 0.6) is 5.75 Å². The van der Waals surface area contributed by atoms with E-state index in [-0.39, 0.29) is 18.1 Å². The summed E-state index contributed by atoms with van der Waals surface area (Å²) in [4.78, 5) is 48.7. The van der Waals surface area contributed by atoms with Crippen molar-refractivity contribution in [3.05, 3.63) is 29.8 Å². The van der Waals surface area contributed by atoms with Crippen molar-refractivity contribution in [1.82, 2.24) is 16.0 Å². The Morgan fingerprint density at radius 1 is 1.03 bits per heavy atom. The maximum Gasteiger partial charge on any atom is 0.326 e. The summed E-state index contributed by atoms with van der Waals surface area (Å²) in [6.45, 7) is 3.44.